The molecule has 2 rings (SSSR count). The number of hydrogen-bond donors (Lipinski definition) is 2. The molecule has 2 N–H and O–H groups in total. The normalized spacial score (nSPS) is 11.5. The molecule has 2 aromatic heterocycles. The van der Waals surface area contributed by atoms with E-state index in [2.05, 4.69) is 66.7 Å². The van der Waals surface area contributed by atoms with Gasteiger partial charge in [0.2, 0.25) is 0 Å². The molecule has 4 nitrogen and oxygen atoms in total. The SMILES string of the molecule is CCNc1cc(NCc2sccc2C)nc(C(C)(C)C)n1. The highest BCUT2D eigenvalue weighted by molar-refractivity contribution is 7.10. The van der Waals surface area contributed by atoms with Crippen LogP contribution >= 0.6 is 11.3 Å². The molecule has 5 heteroatoms. The summed E-state index contributed by atoms with van der Waals surface area (Å²) in [6.45, 7) is 12.3. The summed E-state index contributed by atoms with van der Waals surface area (Å²) in [5, 5.41) is 8.82. The van der Waals surface area contributed by atoms with Crippen LogP contribution in [0, 0.1) is 6.92 Å². The van der Waals surface area contributed by atoms with Crippen LogP contribution in [0.1, 0.15) is 44.0 Å². The summed E-state index contributed by atoms with van der Waals surface area (Å²) < 4.78 is 0. The Morgan fingerprint density at radius 2 is 1.81 bits per heavy atom. The standard InChI is InChI=1S/C16H24N4S/c1-6-17-13-9-14(20-15(19-13)16(3,4)5)18-10-12-11(2)7-8-21-12/h7-9H,6,10H2,1-5H3,(H2,17,18,19,20). The maximum absolute atomic E-state index is 4.66. The van der Waals surface area contributed by atoms with Crippen molar-refractivity contribution in [3.05, 3.63) is 33.8 Å². The van der Waals surface area contributed by atoms with Gasteiger partial charge >= 0.3 is 0 Å². The summed E-state index contributed by atoms with van der Waals surface area (Å²) in [7, 11) is 0. The van der Waals surface area contributed by atoms with Gasteiger partial charge in [-0.15, -0.1) is 11.3 Å². The summed E-state index contributed by atoms with van der Waals surface area (Å²) in [6, 6.07) is 4.12. The molecule has 0 spiro atoms. The fraction of sp³-hybridized carbons (Fsp3) is 0.500. The van der Waals surface area contributed by atoms with Crippen molar-refractivity contribution in [3.63, 3.8) is 0 Å². The van der Waals surface area contributed by atoms with Crippen LogP contribution in [-0.4, -0.2) is 16.5 Å². The number of anilines is 2. The van der Waals surface area contributed by atoms with Crippen molar-refractivity contribution in [1.29, 1.82) is 0 Å². The van der Waals surface area contributed by atoms with Crippen LogP contribution < -0.4 is 10.6 Å². The van der Waals surface area contributed by atoms with Crippen molar-refractivity contribution >= 4 is 23.0 Å². The quantitative estimate of drug-likeness (QED) is 0.869. The summed E-state index contributed by atoms with van der Waals surface area (Å²) in [4.78, 5) is 10.6. The second kappa shape index (κ2) is 6.43. The molecule has 0 atom stereocenters. The zero-order valence-electron chi connectivity index (χ0n) is 13.4. The third-order valence-corrected chi connectivity index (χ3v) is 4.18. The van der Waals surface area contributed by atoms with Gasteiger partial charge < -0.3 is 10.6 Å². The minimum Gasteiger partial charge on any atom is -0.370 e. The van der Waals surface area contributed by atoms with Crippen LogP contribution in [0.2, 0.25) is 0 Å². The van der Waals surface area contributed by atoms with Crippen LogP contribution in [0.25, 0.3) is 0 Å². The summed E-state index contributed by atoms with van der Waals surface area (Å²) >= 11 is 1.77. The molecular formula is C16H24N4S. The molecule has 0 fully saturated rings. The van der Waals surface area contributed by atoms with Gasteiger partial charge in [-0.05, 0) is 30.9 Å². The zero-order valence-corrected chi connectivity index (χ0v) is 14.3. The lowest BCUT2D eigenvalue weighted by atomic mass is 9.96. The van der Waals surface area contributed by atoms with Crippen molar-refractivity contribution < 1.29 is 0 Å². The van der Waals surface area contributed by atoms with Crippen LogP contribution in [-0.2, 0) is 12.0 Å². The Hall–Kier alpha value is -1.62. The highest BCUT2D eigenvalue weighted by Gasteiger charge is 2.19. The molecule has 2 aromatic rings. The van der Waals surface area contributed by atoms with E-state index in [1.54, 1.807) is 11.3 Å². The van der Waals surface area contributed by atoms with Gasteiger partial charge in [0.05, 0.1) is 6.54 Å². The highest BCUT2D eigenvalue weighted by Crippen LogP contribution is 2.23. The molecule has 0 saturated heterocycles. The predicted molar refractivity (Wildman–Crippen MR) is 91.3 cm³/mol. The van der Waals surface area contributed by atoms with E-state index in [-0.39, 0.29) is 5.41 Å². The molecule has 0 radical (unpaired) electrons. The highest BCUT2D eigenvalue weighted by atomic mass is 32.1. The minimum atomic E-state index is -0.0687. The molecule has 0 bridgehead atoms. The van der Waals surface area contributed by atoms with Crippen LogP contribution in [0.3, 0.4) is 0 Å². The maximum Gasteiger partial charge on any atom is 0.138 e. The fourth-order valence-corrected chi connectivity index (χ4v) is 2.75. The first-order valence-corrected chi connectivity index (χ1v) is 8.18. The summed E-state index contributed by atoms with van der Waals surface area (Å²) in [5.74, 6) is 2.60. The number of nitrogens with zero attached hydrogens (tertiary/aromatic N) is 2. The van der Waals surface area contributed by atoms with Crippen LogP contribution in [0.5, 0.6) is 0 Å². The van der Waals surface area contributed by atoms with E-state index in [9.17, 15) is 0 Å². The van der Waals surface area contributed by atoms with Crippen molar-refractivity contribution in [2.45, 2.75) is 46.6 Å². The lowest BCUT2D eigenvalue weighted by molar-refractivity contribution is 0.546. The van der Waals surface area contributed by atoms with Gasteiger partial charge in [0.25, 0.3) is 0 Å². The molecule has 0 unspecified atom stereocenters. The minimum absolute atomic E-state index is 0.0687. The fourth-order valence-electron chi connectivity index (χ4n) is 1.90. The Morgan fingerprint density at radius 3 is 2.33 bits per heavy atom. The Balaban J connectivity index is 2.21. The number of rotatable bonds is 5. The molecule has 0 aromatic carbocycles. The summed E-state index contributed by atoms with van der Waals surface area (Å²) in [6.07, 6.45) is 0. The number of nitrogens with one attached hydrogen (secondary N) is 2. The second-order valence-corrected chi connectivity index (χ2v) is 7.12. The van der Waals surface area contributed by atoms with E-state index in [1.807, 2.05) is 6.07 Å². The second-order valence-electron chi connectivity index (χ2n) is 6.12. The Labute approximate surface area is 131 Å². The van der Waals surface area contributed by atoms with Gasteiger partial charge in [-0.25, -0.2) is 9.97 Å². The first-order valence-electron chi connectivity index (χ1n) is 7.30. The summed E-state index contributed by atoms with van der Waals surface area (Å²) in [5.41, 5.74) is 1.25. The van der Waals surface area contributed by atoms with E-state index in [1.165, 1.54) is 10.4 Å². The number of aromatic nitrogens is 2. The van der Waals surface area contributed by atoms with E-state index >= 15 is 0 Å². The van der Waals surface area contributed by atoms with Crippen molar-refractivity contribution in [1.82, 2.24) is 9.97 Å². The average Bonchev–Trinajstić information content (AvgIpc) is 2.81. The molecule has 21 heavy (non-hydrogen) atoms. The molecule has 114 valence electrons. The maximum atomic E-state index is 4.66. The first-order chi connectivity index (χ1) is 9.90. The Morgan fingerprint density at radius 1 is 1.14 bits per heavy atom. The Kier molecular flexibility index (Phi) is 4.83. The van der Waals surface area contributed by atoms with Crippen LogP contribution in [0.15, 0.2) is 17.5 Å². The third kappa shape index (κ3) is 4.17. The largest absolute Gasteiger partial charge is 0.370 e. The monoisotopic (exact) mass is 304 g/mol. The van der Waals surface area contributed by atoms with Gasteiger partial charge in [-0.2, -0.15) is 0 Å². The number of hydrogen-bond acceptors (Lipinski definition) is 5. The molecule has 0 aliphatic heterocycles. The van der Waals surface area contributed by atoms with E-state index in [0.29, 0.717) is 0 Å². The van der Waals surface area contributed by atoms with E-state index in [0.717, 1.165) is 30.5 Å². The molecule has 0 amide bonds. The molecular weight excluding hydrogens is 280 g/mol. The van der Waals surface area contributed by atoms with Crippen LogP contribution in [0.4, 0.5) is 11.6 Å². The Bertz CT molecular complexity index is 599. The number of aryl methyl sites for hydroxylation is 1. The first kappa shape index (κ1) is 15.8. The third-order valence-electron chi connectivity index (χ3n) is 3.15. The number of thiophene rings is 1. The van der Waals surface area contributed by atoms with Gasteiger partial charge in [0.15, 0.2) is 0 Å². The van der Waals surface area contributed by atoms with Gasteiger partial charge in [-0.3, -0.25) is 0 Å². The van der Waals surface area contributed by atoms with Gasteiger partial charge in [0, 0.05) is 22.9 Å². The molecule has 0 aliphatic rings. The molecule has 0 saturated carbocycles. The topological polar surface area (TPSA) is 49.8 Å². The molecule has 0 aliphatic carbocycles. The van der Waals surface area contributed by atoms with Crippen molar-refractivity contribution in [3.8, 4) is 0 Å². The van der Waals surface area contributed by atoms with Crippen molar-refractivity contribution in [2.75, 3.05) is 17.2 Å². The smallest absolute Gasteiger partial charge is 0.138 e. The van der Waals surface area contributed by atoms with Gasteiger partial charge in [-0.1, -0.05) is 20.8 Å². The van der Waals surface area contributed by atoms with E-state index < -0.39 is 0 Å². The van der Waals surface area contributed by atoms with E-state index in [4.69, 9.17) is 0 Å². The van der Waals surface area contributed by atoms with Crippen molar-refractivity contribution in [2.24, 2.45) is 0 Å². The average molecular weight is 304 g/mol. The van der Waals surface area contributed by atoms with Gasteiger partial charge in [0.1, 0.15) is 17.5 Å². The molecule has 2 heterocycles. The lowest BCUT2D eigenvalue weighted by Crippen LogP contribution is -2.18. The lowest BCUT2D eigenvalue weighted by Gasteiger charge is -2.19. The predicted octanol–water partition coefficient (Wildman–Crippen LogP) is 4.19. The zero-order chi connectivity index (χ0) is 15.5.